The summed E-state index contributed by atoms with van der Waals surface area (Å²) in [5.74, 6) is -0.902. The fourth-order valence-electron chi connectivity index (χ4n) is 0.994. The maximum absolute atomic E-state index is 12.7. The molecule has 0 fully saturated rings. The van der Waals surface area contributed by atoms with Crippen molar-refractivity contribution in [2.45, 2.75) is 6.10 Å². The van der Waals surface area contributed by atoms with Gasteiger partial charge >= 0.3 is 5.69 Å². The van der Waals surface area contributed by atoms with E-state index in [9.17, 15) is 14.5 Å². The Labute approximate surface area is 90.0 Å². The first-order valence-electron chi connectivity index (χ1n) is 4.40. The number of nitro benzene ring substituents is 1. The zero-order chi connectivity index (χ0) is 12.1. The van der Waals surface area contributed by atoms with Crippen molar-refractivity contribution >= 4 is 5.69 Å². The maximum atomic E-state index is 12.7. The number of benzene rings is 1. The van der Waals surface area contributed by atoms with Gasteiger partial charge in [-0.25, -0.2) is 4.39 Å². The van der Waals surface area contributed by atoms with Crippen molar-refractivity contribution < 1.29 is 24.3 Å². The normalized spacial score (nSPS) is 12.2. The van der Waals surface area contributed by atoms with E-state index in [0.29, 0.717) is 0 Å². The Morgan fingerprint density at radius 2 is 2.25 bits per heavy atom. The molecule has 1 aromatic carbocycles. The third-order valence-corrected chi connectivity index (χ3v) is 1.76. The van der Waals surface area contributed by atoms with Gasteiger partial charge in [-0.3, -0.25) is 10.1 Å². The first-order chi connectivity index (χ1) is 7.54. The van der Waals surface area contributed by atoms with Crippen molar-refractivity contribution in [2.24, 2.45) is 0 Å². The molecule has 0 aliphatic heterocycles. The molecule has 0 heterocycles. The van der Waals surface area contributed by atoms with E-state index in [4.69, 9.17) is 14.9 Å². The molecule has 16 heavy (non-hydrogen) atoms. The molecule has 0 saturated carbocycles. The first-order valence-corrected chi connectivity index (χ1v) is 4.40. The van der Waals surface area contributed by atoms with E-state index in [-0.39, 0.29) is 12.4 Å². The van der Waals surface area contributed by atoms with Crippen LogP contribution in [0.25, 0.3) is 0 Å². The van der Waals surface area contributed by atoms with E-state index < -0.39 is 29.1 Å². The topological polar surface area (TPSA) is 92.8 Å². The maximum Gasteiger partial charge on any atom is 0.313 e. The molecule has 0 radical (unpaired) electrons. The summed E-state index contributed by atoms with van der Waals surface area (Å²) in [4.78, 5) is 9.75. The third kappa shape index (κ3) is 3.14. The van der Waals surface area contributed by atoms with Crippen molar-refractivity contribution in [2.75, 3.05) is 13.2 Å². The summed E-state index contributed by atoms with van der Waals surface area (Å²) < 4.78 is 17.6. The van der Waals surface area contributed by atoms with Gasteiger partial charge in [0, 0.05) is 0 Å². The van der Waals surface area contributed by atoms with Gasteiger partial charge < -0.3 is 14.9 Å². The van der Waals surface area contributed by atoms with Gasteiger partial charge in [-0.05, 0) is 12.1 Å². The van der Waals surface area contributed by atoms with E-state index in [1.807, 2.05) is 0 Å². The standard InChI is InChI=1S/C9H10FNO5/c10-6-1-2-9(8(3-6)11(14)15)16-5-7(13)4-12/h1-3,7,12-13H,4-5H2. The minimum atomic E-state index is -1.13. The number of hydrogen-bond donors (Lipinski definition) is 2. The van der Waals surface area contributed by atoms with E-state index in [0.717, 1.165) is 18.2 Å². The summed E-state index contributed by atoms with van der Waals surface area (Å²) in [6.45, 7) is -0.821. The molecule has 7 heteroatoms. The summed E-state index contributed by atoms with van der Waals surface area (Å²) in [6, 6.07) is 2.83. The largest absolute Gasteiger partial charge is 0.484 e. The lowest BCUT2D eigenvalue weighted by atomic mass is 10.3. The molecule has 88 valence electrons. The van der Waals surface area contributed by atoms with Gasteiger partial charge in [-0.2, -0.15) is 0 Å². The summed E-state index contributed by atoms with van der Waals surface area (Å²) in [6.07, 6.45) is -1.13. The summed E-state index contributed by atoms with van der Waals surface area (Å²) in [7, 11) is 0. The van der Waals surface area contributed by atoms with Gasteiger partial charge in [-0.15, -0.1) is 0 Å². The van der Waals surface area contributed by atoms with Crippen LogP contribution >= 0.6 is 0 Å². The highest BCUT2D eigenvalue weighted by molar-refractivity contribution is 5.46. The second-order valence-corrected chi connectivity index (χ2v) is 3.02. The van der Waals surface area contributed by atoms with Gasteiger partial charge in [0.2, 0.25) is 0 Å². The van der Waals surface area contributed by atoms with Gasteiger partial charge in [0.15, 0.2) is 5.75 Å². The Morgan fingerprint density at radius 3 is 2.81 bits per heavy atom. The molecule has 0 bridgehead atoms. The average molecular weight is 231 g/mol. The molecule has 0 saturated heterocycles. The number of rotatable bonds is 5. The smallest absolute Gasteiger partial charge is 0.313 e. The zero-order valence-electron chi connectivity index (χ0n) is 8.17. The van der Waals surface area contributed by atoms with Crippen LogP contribution in [0.4, 0.5) is 10.1 Å². The molecule has 6 nitrogen and oxygen atoms in total. The van der Waals surface area contributed by atoms with Crippen LogP contribution in [0.15, 0.2) is 18.2 Å². The molecule has 2 N–H and O–H groups in total. The number of aliphatic hydroxyl groups excluding tert-OH is 2. The second kappa shape index (κ2) is 5.38. The van der Waals surface area contributed by atoms with Crippen LogP contribution in [0.2, 0.25) is 0 Å². The summed E-state index contributed by atoms with van der Waals surface area (Å²) in [5, 5.41) is 28.0. The number of ether oxygens (including phenoxy) is 1. The molecule has 1 atom stereocenters. The molecule has 0 amide bonds. The molecule has 1 unspecified atom stereocenters. The van der Waals surface area contributed by atoms with Crippen LogP contribution in [0.1, 0.15) is 0 Å². The molecule has 0 spiro atoms. The number of nitro groups is 1. The fourth-order valence-corrected chi connectivity index (χ4v) is 0.994. The van der Waals surface area contributed by atoms with Crippen molar-refractivity contribution in [3.8, 4) is 5.75 Å². The lowest BCUT2D eigenvalue weighted by Crippen LogP contribution is -2.21. The Morgan fingerprint density at radius 1 is 1.56 bits per heavy atom. The third-order valence-electron chi connectivity index (χ3n) is 1.76. The molecular weight excluding hydrogens is 221 g/mol. The van der Waals surface area contributed by atoms with E-state index in [2.05, 4.69) is 0 Å². The lowest BCUT2D eigenvalue weighted by molar-refractivity contribution is -0.386. The molecule has 0 aliphatic rings. The monoisotopic (exact) mass is 231 g/mol. The van der Waals surface area contributed by atoms with Gasteiger partial charge in [-0.1, -0.05) is 0 Å². The zero-order valence-corrected chi connectivity index (χ0v) is 8.17. The Bertz CT molecular complexity index is 384. The van der Waals surface area contributed by atoms with E-state index >= 15 is 0 Å². The Balaban J connectivity index is 2.82. The van der Waals surface area contributed by atoms with Crippen molar-refractivity contribution in [1.29, 1.82) is 0 Å². The molecule has 1 rings (SSSR count). The van der Waals surface area contributed by atoms with Crippen LogP contribution in [0.3, 0.4) is 0 Å². The van der Waals surface area contributed by atoms with E-state index in [1.165, 1.54) is 0 Å². The van der Waals surface area contributed by atoms with Gasteiger partial charge in [0.05, 0.1) is 17.6 Å². The van der Waals surface area contributed by atoms with Crippen LogP contribution in [-0.2, 0) is 0 Å². The number of halogens is 1. The molecule has 1 aromatic rings. The highest BCUT2D eigenvalue weighted by Crippen LogP contribution is 2.27. The first kappa shape index (κ1) is 12.3. The SMILES string of the molecule is O=[N+]([O-])c1cc(F)ccc1OCC(O)CO. The van der Waals surface area contributed by atoms with Gasteiger partial charge in [0.1, 0.15) is 18.5 Å². The lowest BCUT2D eigenvalue weighted by Gasteiger charge is -2.09. The predicted octanol–water partition coefficient (Wildman–Crippen LogP) is 0.466. The van der Waals surface area contributed by atoms with Gasteiger partial charge in [0.25, 0.3) is 0 Å². The van der Waals surface area contributed by atoms with Crippen molar-refractivity contribution in [3.05, 3.63) is 34.1 Å². The van der Waals surface area contributed by atoms with E-state index in [1.54, 1.807) is 0 Å². The number of aliphatic hydroxyl groups is 2. The Kier molecular flexibility index (Phi) is 4.15. The summed E-state index contributed by atoms with van der Waals surface area (Å²) in [5.41, 5.74) is -0.523. The highest BCUT2D eigenvalue weighted by Gasteiger charge is 2.17. The van der Waals surface area contributed by atoms with Crippen LogP contribution < -0.4 is 4.74 Å². The number of nitrogens with zero attached hydrogens (tertiary/aromatic N) is 1. The minimum Gasteiger partial charge on any atom is -0.484 e. The predicted molar refractivity (Wildman–Crippen MR) is 51.6 cm³/mol. The fraction of sp³-hybridized carbons (Fsp3) is 0.333. The van der Waals surface area contributed by atoms with Crippen molar-refractivity contribution in [1.82, 2.24) is 0 Å². The molecular formula is C9H10FNO5. The van der Waals surface area contributed by atoms with Crippen LogP contribution in [-0.4, -0.2) is 34.5 Å². The van der Waals surface area contributed by atoms with Crippen molar-refractivity contribution in [3.63, 3.8) is 0 Å². The number of hydrogen-bond acceptors (Lipinski definition) is 5. The second-order valence-electron chi connectivity index (χ2n) is 3.02. The van der Waals surface area contributed by atoms with Crippen LogP contribution in [0.5, 0.6) is 5.75 Å². The molecule has 0 aliphatic carbocycles. The average Bonchev–Trinajstić information content (AvgIpc) is 2.26. The minimum absolute atomic E-state index is 0.154. The quantitative estimate of drug-likeness (QED) is 0.567. The Hall–Kier alpha value is -1.73. The summed E-state index contributed by atoms with van der Waals surface area (Å²) >= 11 is 0. The van der Waals surface area contributed by atoms with Crippen LogP contribution in [0, 0.1) is 15.9 Å². The molecule has 0 aromatic heterocycles. The highest BCUT2D eigenvalue weighted by atomic mass is 19.1.